The van der Waals surface area contributed by atoms with Crippen molar-refractivity contribution >= 4 is 11.9 Å². The van der Waals surface area contributed by atoms with E-state index in [1.807, 2.05) is 4.90 Å². The normalized spacial score (nSPS) is 22.9. The Morgan fingerprint density at radius 2 is 2.10 bits per heavy atom. The summed E-state index contributed by atoms with van der Waals surface area (Å²) in [5.74, 6) is -1.16. The van der Waals surface area contributed by atoms with E-state index in [9.17, 15) is 9.59 Å². The third-order valence-electron chi connectivity index (χ3n) is 4.21. The highest BCUT2D eigenvalue weighted by Gasteiger charge is 2.30. The van der Waals surface area contributed by atoms with Crippen LogP contribution in [0.5, 0.6) is 0 Å². The minimum Gasteiger partial charge on any atom is -0.476 e. The van der Waals surface area contributed by atoms with Gasteiger partial charge < -0.3 is 10.0 Å². The first-order valence-electron chi connectivity index (χ1n) is 7.29. The Bertz CT molecular complexity index is 544. The number of carbonyl (C=O) groups excluding carboxylic acids is 1. The van der Waals surface area contributed by atoms with Crippen LogP contribution in [-0.2, 0) is 11.3 Å². The Balaban J connectivity index is 1.62. The molecule has 2 fully saturated rings. The second kappa shape index (κ2) is 5.80. The monoisotopic (exact) mass is 293 g/mol. The number of aromatic carboxylic acids is 1. The Morgan fingerprint density at radius 3 is 2.86 bits per heavy atom. The molecule has 0 aliphatic carbocycles. The predicted octanol–water partition coefficient (Wildman–Crippen LogP) is -0.327. The molecule has 1 aromatic rings. The average molecular weight is 293 g/mol. The molecule has 3 rings (SSSR count). The fraction of sp³-hybridized carbons (Fsp3) is 0.692. The molecule has 2 aliphatic heterocycles. The van der Waals surface area contributed by atoms with Crippen LogP contribution in [-0.4, -0.2) is 74.0 Å². The molecule has 8 nitrogen and oxygen atoms in total. The summed E-state index contributed by atoms with van der Waals surface area (Å²) in [6.07, 6.45) is 4.63. The quantitative estimate of drug-likeness (QED) is 0.820. The van der Waals surface area contributed by atoms with Crippen molar-refractivity contribution in [3.05, 3.63) is 11.9 Å². The third-order valence-corrected chi connectivity index (χ3v) is 4.21. The zero-order chi connectivity index (χ0) is 14.8. The Morgan fingerprint density at radius 1 is 1.29 bits per heavy atom. The van der Waals surface area contributed by atoms with Crippen LogP contribution in [0, 0.1) is 0 Å². The van der Waals surface area contributed by atoms with Crippen molar-refractivity contribution in [2.75, 3.05) is 26.2 Å². The summed E-state index contributed by atoms with van der Waals surface area (Å²) in [4.78, 5) is 27.5. The Hall–Kier alpha value is -1.96. The van der Waals surface area contributed by atoms with Crippen molar-refractivity contribution in [1.29, 1.82) is 0 Å². The van der Waals surface area contributed by atoms with E-state index in [1.165, 1.54) is 17.3 Å². The fourth-order valence-electron chi connectivity index (χ4n) is 3.15. The number of hydrogen-bond donors (Lipinski definition) is 1. The highest BCUT2D eigenvalue weighted by molar-refractivity contribution is 5.84. The molecule has 1 amide bonds. The highest BCUT2D eigenvalue weighted by Crippen LogP contribution is 2.21. The summed E-state index contributed by atoms with van der Waals surface area (Å²) in [7, 11) is 0. The molecule has 0 spiro atoms. The first-order chi connectivity index (χ1) is 10.1. The van der Waals surface area contributed by atoms with Crippen LogP contribution >= 0.6 is 0 Å². The molecule has 1 N–H and O–H groups in total. The zero-order valence-corrected chi connectivity index (χ0v) is 11.8. The van der Waals surface area contributed by atoms with Crippen LogP contribution in [0.4, 0.5) is 0 Å². The summed E-state index contributed by atoms with van der Waals surface area (Å²) in [5, 5.41) is 16.0. The minimum absolute atomic E-state index is 0.0226. The lowest BCUT2D eigenvalue weighted by atomic mass is 10.2. The molecule has 2 saturated heterocycles. The van der Waals surface area contributed by atoms with E-state index < -0.39 is 5.97 Å². The van der Waals surface area contributed by atoms with Crippen LogP contribution in [0.25, 0.3) is 0 Å². The number of carboxylic acids is 1. The average Bonchev–Trinajstić information content (AvgIpc) is 3.04. The molecule has 1 unspecified atom stereocenters. The van der Waals surface area contributed by atoms with Gasteiger partial charge in [-0.2, -0.15) is 0 Å². The zero-order valence-electron chi connectivity index (χ0n) is 11.8. The van der Waals surface area contributed by atoms with Gasteiger partial charge >= 0.3 is 5.97 Å². The standard InChI is InChI=1S/C13H19N5O3/c19-12(9-18-8-11(13(20)21)14-15-18)17-6-2-5-16-4-1-3-10(16)7-17/h8,10H,1-7,9H2,(H,20,21). The molecule has 0 aromatic carbocycles. The van der Waals surface area contributed by atoms with E-state index in [1.54, 1.807) is 0 Å². The Labute approximate surface area is 122 Å². The van der Waals surface area contributed by atoms with Gasteiger partial charge in [0.2, 0.25) is 5.91 Å². The second-order valence-corrected chi connectivity index (χ2v) is 5.63. The lowest BCUT2D eigenvalue weighted by Crippen LogP contribution is -2.41. The molecular weight excluding hydrogens is 274 g/mol. The van der Waals surface area contributed by atoms with E-state index in [4.69, 9.17) is 5.11 Å². The number of hydrogen-bond acceptors (Lipinski definition) is 5. The van der Waals surface area contributed by atoms with Gasteiger partial charge in [-0.1, -0.05) is 5.21 Å². The van der Waals surface area contributed by atoms with Crippen LogP contribution in [0.2, 0.25) is 0 Å². The molecule has 0 bridgehead atoms. The molecule has 1 atom stereocenters. The van der Waals surface area contributed by atoms with Crippen LogP contribution in [0.15, 0.2) is 6.20 Å². The first-order valence-corrected chi connectivity index (χ1v) is 7.29. The predicted molar refractivity (Wildman–Crippen MR) is 72.8 cm³/mol. The number of fused-ring (bicyclic) bond motifs is 1. The number of rotatable bonds is 3. The van der Waals surface area contributed by atoms with E-state index in [0.29, 0.717) is 6.04 Å². The van der Waals surface area contributed by atoms with Crippen molar-refractivity contribution in [3.8, 4) is 0 Å². The van der Waals surface area contributed by atoms with E-state index in [2.05, 4.69) is 15.2 Å². The molecule has 21 heavy (non-hydrogen) atoms. The Kier molecular flexibility index (Phi) is 3.87. The first kappa shape index (κ1) is 14.0. The maximum Gasteiger partial charge on any atom is 0.358 e. The van der Waals surface area contributed by atoms with Gasteiger partial charge in [-0.3, -0.25) is 9.69 Å². The largest absolute Gasteiger partial charge is 0.476 e. The molecule has 2 aliphatic rings. The molecule has 114 valence electrons. The van der Waals surface area contributed by atoms with Gasteiger partial charge in [-0.05, 0) is 25.8 Å². The SMILES string of the molecule is O=C(O)c1cn(CC(=O)N2CCCN3CCCC3C2)nn1. The number of nitrogens with zero attached hydrogens (tertiary/aromatic N) is 5. The van der Waals surface area contributed by atoms with Gasteiger partial charge in [0.15, 0.2) is 5.69 Å². The molecule has 0 radical (unpaired) electrons. The number of aromatic nitrogens is 3. The summed E-state index contributed by atoms with van der Waals surface area (Å²) in [6.45, 7) is 3.76. The molecule has 8 heteroatoms. The summed E-state index contributed by atoms with van der Waals surface area (Å²) in [6, 6.07) is 0.474. The van der Waals surface area contributed by atoms with Crippen molar-refractivity contribution in [1.82, 2.24) is 24.8 Å². The van der Waals surface area contributed by atoms with Crippen molar-refractivity contribution < 1.29 is 14.7 Å². The summed E-state index contributed by atoms with van der Waals surface area (Å²) in [5.41, 5.74) is -0.138. The number of carboxylic acid groups (broad SMARTS) is 1. The molecule has 1 aromatic heterocycles. The molecular formula is C13H19N5O3. The van der Waals surface area contributed by atoms with Crippen LogP contribution < -0.4 is 0 Å². The van der Waals surface area contributed by atoms with Gasteiger partial charge in [-0.25, -0.2) is 9.48 Å². The van der Waals surface area contributed by atoms with Gasteiger partial charge in [0.25, 0.3) is 0 Å². The van der Waals surface area contributed by atoms with Crippen molar-refractivity contribution in [2.24, 2.45) is 0 Å². The maximum atomic E-state index is 12.4. The summed E-state index contributed by atoms with van der Waals surface area (Å²) >= 11 is 0. The number of carbonyl (C=O) groups is 2. The minimum atomic E-state index is -1.13. The van der Waals surface area contributed by atoms with Crippen molar-refractivity contribution in [3.63, 3.8) is 0 Å². The lowest BCUT2D eigenvalue weighted by Gasteiger charge is -2.25. The van der Waals surface area contributed by atoms with Gasteiger partial charge in [0.05, 0.1) is 6.20 Å². The van der Waals surface area contributed by atoms with Crippen LogP contribution in [0.1, 0.15) is 29.8 Å². The van der Waals surface area contributed by atoms with E-state index in [0.717, 1.165) is 39.0 Å². The van der Waals surface area contributed by atoms with Gasteiger partial charge in [0.1, 0.15) is 6.54 Å². The lowest BCUT2D eigenvalue weighted by molar-refractivity contribution is -0.132. The van der Waals surface area contributed by atoms with Gasteiger partial charge in [-0.15, -0.1) is 5.10 Å². The second-order valence-electron chi connectivity index (χ2n) is 5.63. The highest BCUT2D eigenvalue weighted by atomic mass is 16.4. The fourth-order valence-corrected chi connectivity index (χ4v) is 3.15. The van der Waals surface area contributed by atoms with Crippen LogP contribution in [0.3, 0.4) is 0 Å². The number of amides is 1. The third kappa shape index (κ3) is 3.05. The molecule has 3 heterocycles. The summed E-state index contributed by atoms with van der Waals surface area (Å²) < 4.78 is 1.29. The smallest absolute Gasteiger partial charge is 0.358 e. The maximum absolute atomic E-state index is 12.4. The van der Waals surface area contributed by atoms with E-state index >= 15 is 0 Å². The topological polar surface area (TPSA) is 91.6 Å². The van der Waals surface area contributed by atoms with Gasteiger partial charge in [0, 0.05) is 25.7 Å². The molecule has 0 saturated carbocycles. The van der Waals surface area contributed by atoms with E-state index in [-0.39, 0.29) is 18.1 Å². The van der Waals surface area contributed by atoms with Crippen molar-refractivity contribution in [2.45, 2.75) is 31.8 Å².